The first kappa shape index (κ1) is 13.8. The highest BCUT2D eigenvalue weighted by molar-refractivity contribution is 7.71. The number of aromatic nitrogens is 2. The van der Waals surface area contributed by atoms with Crippen LogP contribution in [0.2, 0.25) is 15.1 Å². The predicted molar refractivity (Wildman–Crippen MR) is 85.0 cm³/mol. The van der Waals surface area contributed by atoms with E-state index in [-0.39, 0.29) is 0 Å². The zero-order chi connectivity index (χ0) is 14.3. The summed E-state index contributed by atoms with van der Waals surface area (Å²) < 4.78 is 6.25. The Morgan fingerprint density at radius 1 is 0.850 bits per heavy atom. The number of imidazole rings is 1. The van der Waals surface area contributed by atoms with Gasteiger partial charge in [-0.25, -0.2) is 0 Å². The highest BCUT2D eigenvalue weighted by Crippen LogP contribution is 2.36. The molecule has 3 aromatic rings. The molecule has 102 valence electrons. The summed E-state index contributed by atoms with van der Waals surface area (Å²) in [4.78, 5) is 5.99. The van der Waals surface area contributed by atoms with Gasteiger partial charge in [-0.05, 0) is 36.5 Å². The number of benzene rings is 2. The Morgan fingerprint density at radius 2 is 1.50 bits per heavy atom. The molecule has 0 spiro atoms. The van der Waals surface area contributed by atoms with Crippen molar-refractivity contribution in [2.75, 3.05) is 0 Å². The van der Waals surface area contributed by atoms with Gasteiger partial charge in [0.15, 0.2) is 4.77 Å². The number of ether oxygens (including phenoxy) is 1. The topological polar surface area (TPSA) is 40.8 Å². The van der Waals surface area contributed by atoms with Crippen molar-refractivity contribution in [1.82, 2.24) is 9.97 Å². The Morgan fingerprint density at radius 3 is 2.20 bits per heavy atom. The second-order valence-electron chi connectivity index (χ2n) is 4.08. The molecular weight excluding hydrogens is 339 g/mol. The molecule has 0 aliphatic rings. The number of hydrogen-bond acceptors (Lipinski definition) is 2. The average molecular weight is 346 g/mol. The van der Waals surface area contributed by atoms with Gasteiger partial charge in [-0.3, -0.25) is 0 Å². The van der Waals surface area contributed by atoms with Crippen LogP contribution in [0.1, 0.15) is 0 Å². The van der Waals surface area contributed by atoms with E-state index in [1.165, 1.54) is 0 Å². The third-order valence-corrected chi connectivity index (χ3v) is 3.71. The number of hydrogen-bond donors (Lipinski definition) is 2. The Hall–Kier alpha value is -1.20. The smallest absolute Gasteiger partial charge is 0.175 e. The van der Waals surface area contributed by atoms with Crippen molar-refractivity contribution >= 4 is 58.1 Å². The van der Waals surface area contributed by atoms with E-state index in [9.17, 15) is 0 Å². The summed E-state index contributed by atoms with van der Waals surface area (Å²) in [6, 6.07) is 8.48. The molecule has 1 aromatic heterocycles. The Bertz CT molecular complexity index is 856. The lowest BCUT2D eigenvalue weighted by molar-refractivity contribution is 0.484. The molecule has 0 radical (unpaired) electrons. The number of rotatable bonds is 2. The van der Waals surface area contributed by atoms with Crippen molar-refractivity contribution < 1.29 is 4.74 Å². The summed E-state index contributed by atoms with van der Waals surface area (Å²) in [7, 11) is 0. The molecule has 1 heterocycles. The zero-order valence-corrected chi connectivity index (χ0v) is 12.9. The maximum Gasteiger partial charge on any atom is 0.175 e. The fourth-order valence-corrected chi connectivity index (χ4v) is 2.66. The van der Waals surface area contributed by atoms with E-state index in [0.29, 0.717) is 31.3 Å². The minimum absolute atomic E-state index is 0.413. The number of H-pyrrole nitrogens is 2. The molecule has 20 heavy (non-hydrogen) atoms. The van der Waals surface area contributed by atoms with Gasteiger partial charge in [-0.15, -0.1) is 0 Å². The first-order valence-electron chi connectivity index (χ1n) is 5.57. The molecule has 3 rings (SSSR count). The summed E-state index contributed by atoms with van der Waals surface area (Å²) in [5, 5.41) is 1.41. The van der Waals surface area contributed by atoms with Crippen LogP contribution in [0.15, 0.2) is 30.3 Å². The molecule has 0 amide bonds. The molecule has 2 N–H and O–H groups in total. The van der Waals surface area contributed by atoms with Crippen molar-refractivity contribution in [2.45, 2.75) is 0 Å². The van der Waals surface area contributed by atoms with E-state index in [1.807, 2.05) is 0 Å². The van der Waals surface area contributed by atoms with Gasteiger partial charge in [0.25, 0.3) is 0 Å². The lowest BCUT2D eigenvalue weighted by Crippen LogP contribution is -1.87. The van der Waals surface area contributed by atoms with Crippen LogP contribution in [0, 0.1) is 4.77 Å². The molecular formula is C13H7Cl3N2OS. The van der Waals surface area contributed by atoms with E-state index in [4.69, 9.17) is 51.8 Å². The Kier molecular flexibility index (Phi) is 3.65. The first-order valence-corrected chi connectivity index (χ1v) is 7.11. The number of halogens is 3. The van der Waals surface area contributed by atoms with Crippen molar-refractivity contribution in [1.29, 1.82) is 0 Å². The number of aromatic amines is 2. The summed E-state index contributed by atoms with van der Waals surface area (Å²) in [6.45, 7) is 0. The van der Waals surface area contributed by atoms with Crippen LogP contribution in [0.5, 0.6) is 11.5 Å². The van der Waals surface area contributed by atoms with Gasteiger partial charge in [-0.1, -0.05) is 34.8 Å². The van der Waals surface area contributed by atoms with Crippen LogP contribution >= 0.6 is 47.0 Å². The minimum atomic E-state index is 0.413. The van der Waals surface area contributed by atoms with Crippen molar-refractivity contribution in [2.24, 2.45) is 0 Å². The zero-order valence-electron chi connectivity index (χ0n) is 9.84. The normalized spacial score (nSPS) is 10.9. The van der Waals surface area contributed by atoms with Crippen LogP contribution < -0.4 is 4.74 Å². The molecule has 3 nitrogen and oxygen atoms in total. The molecule has 7 heteroatoms. The molecule has 0 bridgehead atoms. The second kappa shape index (κ2) is 5.30. The monoisotopic (exact) mass is 344 g/mol. The van der Waals surface area contributed by atoms with Crippen LogP contribution in [0.25, 0.3) is 11.0 Å². The Balaban J connectivity index is 2.05. The standard InChI is InChI=1S/C13H7Cl3N2OS/c14-6-1-2-11(7(15)3-6)19-12-5-10-9(4-8(12)16)17-13(20)18-10/h1-5H,(H2,17,18,20). The SMILES string of the molecule is S=c1[nH]c2cc(Cl)c(Oc3ccc(Cl)cc3Cl)cc2[nH]1. The third-order valence-electron chi connectivity index (χ3n) is 2.68. The van der Waals surface area contributed by atoms with Gasteiger partial charge in [0.1, 0.15) is 11.5 Å². The molecule has 2 aromatic carbocycles. The molecule has 0 atom stereocenters. The quantitative estimate of drug-likeness (QED) is 0.561. The van der Waals surface area contributed by atoms with Gasteiger partial charge in [0, 0.05) is 11.1 Å². The summed E-state index contributed by atoms with van der Waals surface area (Å²) in [5.74, 6) is 0.958. The van der Waals surface area contributed by atoms with Gasteiger partial charge in [0.2, 0.25) is 0 Å². The minimum Gasteiger partial charge on any atom is -0.454 e. The number of fused-ring (bicyclic) bond motifs is 1. The molecule has 0 unspecified atom stereocenters. The van der Waals surface area contributed by atoms with Crippen molar-refractivity contribution in [3.8, 4) is 11.5 Å². The van der Waals surface area contributed by atoms with E-state index in [0.717, 1.165) is 11.0 Å². The van der Waals surface area contributed by atoms with E-state index < -0.39 is 0 Å². The second-order valence-corrected chi connectivity index (χ2v) is 5.74. The van der Waals surface area contributed by atoms with Crippen molar-refractivity contribution in [3.63, 3.8) is 0 Å². The maximum absolute atomic E-state index is 6.18. The third kappa shape index (κ3) is 2.65. The molecule has 0 aliphatic carbocycles. The first-order chi connectivity index (χ1) is 9.52. The summed E-state index contributed by atoms with van der Waals surface area (Å²) in [5.41, 5.74) is 1.62. The summed E-state index contributed by atoms with van der Waals surface area (Å²) >= 11 is 23.1. The fourth-order valence-electron chi connectivity index (χ4n) is 1.79. The maximum atomic E-state index is 6.18. The molecule has 0 saturated carbocycles. The van der Waals surface area contributed by atoms with E-state index in [1.54, 1.807) is 30.3 Å². The summed E-state index contributed by atoms with van der Waals surface area (Å²) in [6.07, 6.45) is 0. The highest BCUT2D eigenvalue weighted by atomic mass is 35.5. The van der Waals surface area contributed by atoms with E-state index in [2.05, 4.69) is 9.97 Å². The van der Waals surface area contributed by atoms with Gasteiger partial charge < -0.3 is 14.7 Å². The molecule has 0 aliphatic heterocycles. The van der Waals surface area contributed by atoms with Crippen LogP contribution in [0.4, 0.5) is 0 Å². The van der Waals surface area contributed by atoms with Gasteiger partial charge >= 0.3 is 0 Å². The van der Waals surface area contributed by atoms with Crippen molar-refractivity contribution in [3.05, 3.63) is 50.2 Å². The van der Waals surface area contributed by atoms with Crippen LogP contribution in [0.3, 0.4) is 0 Å². The van der Waals surface area contributed by atoms with Crippen LogP contribution in [-0.2, 0) is 0 Å². The largest absolute Gasteiger partial charge is 0.454 e. The number of nitrogens with one attached hydrogen (secondary N) is 2. The van der Waals surface area contributed by atoms with E-state index >= 15 is 0 Å². The lowest BCUT2D eigenvalue weighted by atomic mass is 10.3. The van der Waals surface area contributed by atoms with Crippen LogP contribution in [-0.4, -0.2) is 9.97 Å². The predicted octanol–water partition coefficient (Wildman–Crippen LogP) is 5.98. The highest BCUT2D eigenvalue weighted by Gasteiger charge is 2.10. The average Bonchev–Trinajstić information content (AvgIpc) is 2.72. The van der Waals surface area contributed by atoms with Gasteiger partial charge in [-0.2, -0.15) is 0 Å². The lowest BCUT2D eigenvalue weighted by Gasteiger charge is -2.09. The molecule has 0 saturated heterocycles. The fraction of sp³-hybridized carbons (Fsp3) is 0. The molecule has 0 fully saturated rings. The van der Waals surface area contributed by atoms with Gasteiger partial charge in [0.05, 0.1) is 21.1 Å². The Labute approximate surface area is 134 Å².